The van der Waals surface area contributed by atoms with Crippen molar-refractivity contribution in [2.45, 2.75) is 13.5 Å². The van der Waals surface area contributed by atoms with E-state index in [1.165, 1.54) is 0 Å². The van der Waals surface area contributed by atoms with E-state index in [-0.39, 0.29) is 5.91 Å². The Balaban J connectivity index is 2.05. The van der Waals surface area contributed by atoms with E-state index >= 15 is 0 Å². The summed E-state index contributed by atoms with van der Waals surface area (Å²) in [5.41, 5.74) is 8.93. The van der Waals surface area contributed by atoms with E-state index in [0.29, 0.717) is 17.8 Å². The Morgan fingerprint density at radius 3 is 2.58 bits per heavy atom. The molecule has 0 bridgehead atoms. The summed E-state index contributed by atoms with van der Waals surface area (Å²) in [6.07, 6.45) is 0. The zero-order chi connectivity index (χ0) is 13.8. The van der Waals surface area contributed by atoms with E-state index in [4.69, 9.17) is 5.73 Å². The number of rotatable bonds is 3. The summed E-state index contributed by atoms with van der Waals surface area (Å²) in [7, 11) is 0. The van der Waals surface area contributed by atoms with Crippen LogP contribution < -0.4 is 11.1 Å². The summed E-state index contributed by atoms with van der Waals surface area (Å²) in [4.78, 5) is 12.1. The quantitative estimate of drug-likeness (QED) is 0.853. The van der Waals surface area contributed by atoms with Gasteiger partial charge in [0.2, 0.25) is 0 Å². The third kappa shape index (κ3) is 3.35. The fourth-order valence-electron chi connectivity index (χ4n) is 1.76. The SMILES string of the molecule is Cc1cccc(C(=O)NCc2ccc(Br)cc2)c1N. The first kappa shape index (κ1) is 13.6. The van der Waals surface area contributed by atoms with E-state index in [2.05, 4.69) is 21.2 Å². The fraction of sp³-hybridized carbons (Fsp3) is 0.133. The van der Waals surface area contributed by atoms with Crippen LogP contribution in [0, 0.1) is 6.92 Å². The maximum atomic E-state index is 12.1. The van der Waals surface area contributed by atoms with Crippen LogP contribution in [0.1, 0.15) is 21.5 Å². The van der Waals surface area contributed by atoms with Crippen molar-refractivity contribution in [3.63, 3.8) is 0 Å². The molecular weight excluding hydrogens is 304 g/mol. The molecular formula is C15H15BrN2O. The van der Waals surface area contributed by atoms with Gasteiger partial charge in [-0.05, 0) is 36.2 Å². The Hall–Kier alpha value is -1.81. The van der Waals surface area contributed by atoms with Crippen LogP contribution in [0.3, 0.4) is 0 Å². The van der Waals surface area contributed by atoms with Gasteiger partial charge in [0.25, 0.3) is 5.91 Å². The minimum atomic E-state index is -0.149. The van der Waals surface area contributed by atoms with Crippen molar-refractivity contribution >= 4 is 27.5 Å². The molecule has 19 heavy (non-hydrogen) atoms. The highest BCUT2D eigenvalue weighted by Gasteiger charge is 2.10. The number of benzene rings is 2. The predicted octanol–water partition coefficient (Wildman–Crippen LogP) is 3.27. The Bertz CT molecular complexity index is 594. The summed E-state index contributed by atoms with van der Waals surface area (Å²) >= 11 is 3.38. The molecule has 1 amide bonds. The summed E-state index contributed by atoms with van der Waals surface area (Å²) in [5, 5.41) is 2.87. The van der Waals surface area contributed by atoms with Crippen LogP contribution in [0.5, 0.6) is 0 Å². The number of amides is 1. The smallest absolute Gasteiger partial charge is 0.253 e. The highest BCUT2D eigenvalue weighted by atomic mass is 79.9. The van der Waals surface area contributed by atoms with Gasteiger partial charge in [-0.1, -0.05) is 40.2 Å². The van der Waals surface area contributed by atoms with Crippen LogP contribution >= 0.6 is 15.9 Å². The second kappa shape index (κ2) is 5.89. The van der Waals surface area contributed by atoms with Crippen molar-refractivity contribution in [3.8, 4) is 0 Å². The summed E-state index contributed by atoms with van der Waals surface area (Å²) < 4.78 is 1.02. The van der Waals surface area contributed by atoms with Crippen molar-refractivity contribution in [2.75, 3.05) is 5.73 Å². The van der Waals surface area contributed by atoms with Crippen LogP contribution in [0.2, 0.25) is 0 Å². The Morgan fingerprint density at radius 1 is 1.21 bits per heavy atom. The normalized spacial score (nSPS) is 10.2. The van der Waals surface area contributed by atoms with E-state index in [1.807, 2.05) is 43.3 Å². The van der Waals surface area contributed by atoms with Gasteiger partial charge in [-0.15, -0.1) is 0 Å². The van der Waals surface area contributed by atoms with Crippen LogP contribution in [0.15, 0.2) is 46.9 Å². The molecule has 0 radical (unpaired) electrons. The lowest BCUT2D eigenvalue weighted by Gasteiger charge is -2.09. The second-order valence-corrected chi connectivity index (χ2v) is 5.26. The molecule has 0 aliphatic carbocycles. The summed E-state index contributed by atoms with van der Waals surface area (Å²) in [6.45, 7) is 2.38. The molecule has 0 unspecified atom stereocenters. The molecule has 2 rings (SSSR count). The van der Waals surface area contributed by atoms with Gasteiger partial charge in [0.05, 0.1) is 5.56 Å². The van der Waals surface area contributed by atoms with Crippen LogP contribution in [0.25, 0.3) is 0 Å². The number of aryl methyl sites for hydroxylation is 1. The molecule has 0 spiro atoms. The third-order valence-electron chi connectivity index (χ3n) is 2.94. The Kier molecular flexibility index (Phi) is 4.22. The predicted molar refractivity (Wildman–Crippen MR) is 80.9 cm³/mol. The number of anilines is 1. The van der Waals surface area contributed by atoms with Gasteiger partial charge in [0.1, 0.15) is 0 Å². The van der Waals surface area contributed by atoms with Crippen molar-refractivity contribution in [3.05, 3.63) is 63.6 Å². The van der Waals surface area contributed by atoms with Crippen LogP contribution in [-0.4, -0.2) is 5.91 Å². The topological polar surface area (TPSA) is 55.1 Å². The van der Waals surface area contributed by atoms with E-state index < -0.39 is 0 Å². The largest absolute Gasteiger partial charge is 0.398 e. The van der Waals surface area contributed by atoms with Crippen molar-refractivity contribution in [1.82, 2.24) is 5.32 Å². The van der Waals surface area contributed by atoms with Gasteiger partial charge >= 0.3 is 0 Å². The number of carbonyl (C=O) groups excluding carboxylic acids is 1. The number of para-hydroxylation sites is 1. The van der Waals surface area contributed by atoms with Gasteiger partial charge in [0, 0.05) is 16.7 Å². The van der Waals surface area contributed by atoms with E-state index in [0.717, 1.165) is 15.6 Å². The molecule has 3 nitrogen and oxygen atoms in total. The number of halogens is 1. The summed E-state index contributed by atoms with van der Waals surface area (Å²) in [5.74, 6) is -0.149. The van der Waals surface area contributed by atoms with Gasteiger partial charge in [-0.3, -0.25) is 4.79 Å². The number of hydrogen-bond acceptors (Lipinski definition) is 2. The lowest BCUT2D eigenvalue weighted by Crippen LogP contribution is -2.24. The minimum Gasteiger partial charge on any atom is -0.398 e. The van der Waals surface area contributed by atoms with E-state index in [9.17, 15) is 4.79 Å². The lowest BCUT2D eigenvalue weighted by molar-refractivity contribution is 0.0951. The van der Waals surface area contributed by atoms with Gasteiger partial charge < -0.3 is 11.1 Å². The number of nitrogens with two attached hydrogens (primary N) is 1. The Labute approximate surface area is 121 Å². The highest BCUT2D eigenvalue weighted by Crippen LogP contribution is 2.16. The summed E-state index contributed by atoms with van der Waals surface area (Å²) in [6, 6.07) is 13.3. The molecule has 0 atom stereocenters. The number of nitrogens with one attached hydrogen (secondary N) is 1. The number of carbonyl (C=O) groups is 1. The maximum Gasteiger partial charge on any atom is 0.253 e. The molecule has 0 aromatic heterocycles. The third-order valence-corrected chi connectivity index (χ3v) is 3.46. The molecule has 0 heterocycles. The zero-order valence-corrected chi connectivity index (χ0v) is 12.2. The zero-order valence-electron chi connectivity index (χ0n) is 10.6. The van der Waals surface area contributed by atoms with Crippen LogP contribution in [0.4, 0.5) is 5.69 Å². The molecule has 0 aliphatic heterocycles. The fourth-order valence-corrected chi connectivity index (χ4v) is 2.02. The standard InChI is InChI=1S/C15H15BrN2O/c1-10-3-2-4-13(14(10)17)15(19)18-9-11-5-7-12(16)8-6-11/h2-8H,9,17H2,1H3,(H,18,19). The van der Waals surface area contributed by atoms with Crippen molar-refractivity contribution in [2.24, 2.45) is 0 Å². The monoisotopic (exact) mass is 318 g/mol. The highest BCUT2D eigenvalue weighted by molar-refractivity contribution is 9.10. The first-order chi connectivity index (χ1) is 9.08. The lowest BCUT2D eigenvalue weighted by atomic mass is 10.1. The first-order valence-electron chi connectivity index (χ1n) is 5.95. The molecule has 0 saturated carbocycles. The average Bonchev–Trinajstić information content (AvgIpc) is 2.41. The average molecular weight is 319 g/mol. The van der Waals surface area contributed by atoms with Crippen LogP contribution in [-0.2, 0) is 6.54 Å². The molecule has 2 aromatic rings. The maximum absolute atomic E-state index is 12.1. The first-order valence-corrected chi connectivity index (χ1v) is 6.75. The minimum absolute atomic E-state index is 0.149. The molecule has 0 aliphatic rings. The molecule has 2 aromatic carbocycles. The van der Waals surface area contributed by atoms with Gasteiger partial charge in [0.15, 0.2) is 0 Å². The Morgan fingerprint density at radius 2 is 1.89 bits per heavy atom. The molecule has 0 fully saturated rings. The molecule has 4 heteroatoms. The van der Waals surface area contributed by atoms with Crippen molar-refractivity contribution in [1.29, 1.82) is 0 Å². The molecule has 98 valence electrons. The van der Waals surface area contributed by atoms with Crippen molar-refractivity contribution < 1.29 is 4.79 Å². The number of nitrogen functional groups attached to an aromatic ring is 1. The van der Waals surface area contributed by atoms with E-state index in [1.54, 1.807) is 6.07 Å². The molecule has 0 saturated heterocycles. The van der Waals surface area contributed by atoms with Gasteiger partial charge in [-0.2, -0.15) is 0 Å². The van der Waals surface area contributed by atoms with Gasteiger partial charge in [-0.25, -0.2) is 0 Å². The second-order valence-electron chi connectivity index (χ2n) is 4.35. The molecule has 3 N–H and O–H groups in total. The number of hydrogen-bond donors (Lipinski definition) is 2.